The summed E-state index contributed by atoms with van der Waals surface area (Å²) >= 11 is 1.51. The third-order valence-corrected chi connectivity index (χ3v) is 5.97. The summed E-state index contributed by atoms with van der Waals surface area (Å²) in [5, 5.41) is 9.61. The van der Waals surface area contributed by atoms with Crippen molar-refractivity contribution in [3.8, 4) is 11.4 Å². The van der Waals surface area contributed by atoms with Gasteiger partial charge in [-0.15, -0.1) is 10.2 Å². The second kappa shape index (κ2) is 7.39. The third-order valence-electron chi connectivity index (χ3n) is 5.04. The average molecular weight is 372 g/mol. The largest absolute Gasteiger partial charge is 0.341 e. The fourth-order valence-electron chi connectivity index (χ4n) is 3.81. The molecule has 1 saturated heterocycles. The standard InChI is InChI=1S/C19H25N5OS/c1-13-8-14(2)11-23(10-13)17(25)12-26-19-22-21-18(24(19)16-5-6-16)15-4-3-7-20-9-15/h3-4,7,9,13-14,16H,5-6,8,10-12H2,1-2H3/t13-,14-/m0/s1. The molecule has 1 saturated carbocycles. The van der Waals surface area contributed by atoms with Crippen LogP contribution in [0, 0.1) is 11.8 Å². The van der Waals surface area contributed by atoms with Gasteiger partial charge >= 0.3 is 0 Å². The van der Waals surface area contributed by atoms with E-state index in [9.17, 15) is 4.79 Å². The molecule has 0 aromatic carbocycles. The molecule has 1 aliphatic carbocycles. The van der Waals surface area contributed by atoms with Gasteiger partial charge < -0.3 is 4.90 Å². The van der Waals surface area contributed by atoms with Crippen LogP contribution in [-0.4, -0.2) is 49.4 Å². The molecule has 7 heteroatoms. The van der Waals surface area contributed by atoms with E-state index in [1.807, 2.05) is 23.2 Å². The molecule has 4 rings (SSSR count). The van der Waals surface area contributed by atoms with Gasteiger partial charge in [-0.1, -0.05) is 25.6 Å². The highest BCUT2D eigenvalue weighted by atomic mass is 32.2. The number of carbonyl (C=O) groups excluding carboxylic acids is 1. The van der Waals surface area contributed by atoms with Crippen molar-refractivity contribution in [2.24, 2.45) is 11.8 Å². The van der Waals surface area contributed by atoms with E-state index >= 15 is 0 Å². The van der Waals surface area contributed by atoms with Crippen molar-refractivity contribution in [3.05, 3.63) is 24.5 Å². The SMILES string of the molecule is C[C@H]1C[C@H](C)CN(C(=O)CSc2nnc(-c3cccnc3)n2C2CC2)C1. The lowest BCUT2D eigenvalue weighted by Gasteiger charge is -2.34. The maximum atomic E-state index is 12.7. The molecular weight excluding hydrogens is 346 g/mol. The molecule has 0 spiro atoms. The van der Waals surface area contributed by atoms with Crippen LogP contribution in [0.2, 0.25) is 0 Å². The number of pyridine rings is 1. The van der Waals surface area contributed by atoms with Gasteiger partial charge in [0.1, 0.15) is 0 Å². The van der Waals surface area contributed by atoms with Gasteiger partial charge in [-0.2, -0.15) is 0 Å². The zero-order valence-electron chi connectivity index (χ0n) is 15.3. The van der Waals surface area contributed by atoms with E-state index in [1.54, 1.807) is 6.20 Å². The number of nitrogens with zero attached hydrogens (tertiary/aromatic N) is 5. The number of likely N-dealkylation sites (tertiary alicyclic amines) is 1. The Bertz CT molecular complexity index is 763. The summed E-state index contributed by atoms with van der Waals surface area (Å²) < 4.78 is 2.19. The minimum Gasteiger partial charge on any atom is -0.341 e. The van der Waals surface area contributed by atoms with Crippen LogP contribution in [-0.2, 0) is 4.79 Å². The van der Waals surface area contributed by atoms with Crippen molar-refractivity contribution >= 4 is 17.7 Å². The van der Waals surface area contributed by atoms with Crippen LogP contribution in [0.3, 0.4) is 0 Å². The summed E-state index contributed by atoms with van der Waals surface area (Å²) in [6.45, 7) is 6.21. The topological polar surface area (TPSA) is 63.9 Å². The van der Waals surface area contributed by atoms with Crippen LogP contribution in [0.25, 0.3) is 11.4 Å². The van der Waals surface area contributed by atoms with Crippen molar-refractivity contribution in [1.82, 2.24) is 24.6 Å². The van der Waals surface area contributed by atoms with Gasteiger partial charge in [0.05, 0.1) is 5.75 Å². The second-order valence-corrected chi connectivity index (χ2v) is 8.62. The van der Waals surface area contributed by atoms with E-state index in [2.05, 4.69) is 33.6 Å². The molecule has 0 bridgehead atoms. The van der Waals surface area contributed by atoms with E-state index in [1.165, 1.54) is 18.2 Å². The number of amides is 1. The molecule has 26 heavy (non-hydrogen) atoms. The summed E-state index contributed by atoms with van der Waals surface area (Å²) in [6.07, 6.45) is 7.08. The lowest BCUT2D eigenvalue weighted by atomic mass is 9.92. The number of carbonyl (C=O) groups is 1. The highest BCUT2D eigenvalue weighted by molar-refractivity contribution is 7.99. The van der Waals surface area contributed by atoms with Crippen LogP contribution in [0.4, 0.5) is 0 Å². The van der Waals surface area contributed by atoms with Gasteiger partial charge in [0.15, 0.2) is 11.0 Å². The van der Waals surface area contributed by atoms with Crippen molar-refractivity contribution in [3.63, 3.8) is 0 Å². The Hall–Kier alpha value is -1.89. The molecule has 0 radical (unpaired) electrons. The minimum atomic E-state index is 0.210. The molecule has 2 aromatic heterocycles. The zero-order chi connectivity index (χ0) is 18.1. The van der Waals surface area contributed by atoms with Gasteiger partial charge in [-0.05, 0) is 43.2 Å². The fraction of sp³-hybridized carbons (Fsp3) is 0.579. The molecule has 0 unspecified atom stereocenters. The summed E-state index contributed by atoms with van der Waals surface area (Å²) in [5.41, 5.74) is 0.976. The minimum absolute atomic E-state index is 0.210. The lowest BCUT2D eigenvalue weighted by Crippen LogP contribution is -2.43. The maximum Gasteiger partial charge on any atom is 0.233 e. The van der Waals surface area contributed by atoms with Crippen molar-refractivity contribution in [2.75, 3.05) is 18.8 Å². The Morgan fingerprint density at radius 3 is 2.65 bits per heavy atom. The van der Waals surface area contributed by atoms with Gasteiger partial charge in [-0.3, -0.25) is 14.3 Å². The summed E-state index contributed by atoms with van der Waals surface area (Å²) in [5.74, 6) is 2.66. The molecule has 2 aliphatic rings. The van der Waals surface area contributed by atoms with Gasteiger partial charge in [0.2, 0.25) is 5.91 Å². The van der Waals surface area contributed by atoms with Gasteiger partial charge in [0, 0.05) is 37.1 Å². The molecule has 1 amide bonds. The quantitative estimate of drug-likeness (QED) is 0.755. The molecule has 2 atom stereocenters. The predicted octanol–water partition coefficient (Wildman–Crippen LogP) is 3.27. The van der Waals surface area contributed by atoms with Crippen LogP contribution in [0.15, 0.2) is 29.7 Å². The normalized spacial score (nSPS) is 23.2. The second-order valence-electron chi connectivity index (χ2n) is 7.68. The van der Waals surface area contributed by atoms with E-state index in [0.29, 0.717) is 23.6 Å². The van der Waals surface area contributed by atoms with Crippen LogP contribution >= 0.6 is 11.8 Å². The molecule has 0 N–H and O–H groups in total. The summed E-state index contributed by atoms with van der Waals surface area (Å²) in [4.78, 5) is 18.9. The highest BCUT2D eigenvalue weighted by Gasteiger charge is 2.31. The molecule has 2 fully saturated rings. The van der Waals surface area contributed by atoms with Gasteiger partial charge in [0.25, 0.3) is 0 Å². The first-order valence-electron chi connectivity index (χ1n) is 9.37. The molecule has 6 nitrogen and oxygen atoms in total. The third kappa shape index (κ3) is 3.77. The number of piperidine rings is 1. The highest BCUT2D eigenvalue weighted by Crippen LogP contribution is 2.41. The maximum absolute atomic E-state index is 12.7. The Balaban J connectivity index is 1.47. The van der Waals surface area contributed by atoms with Crippen LogP contribution < -0.4 is 0 Å². The predicted molar refractivity (Wildman–Crippen MR) is 102 cm³/mol. The number of aromatic nitrogens is 4. The first-order chi connectivity index (χ1) is 12.6. The Morgan fingerprint density at radius 2 is 2.00 bits per heavy atom. The monoisotopic (exact) mass is 371 g/mol. The van der Waals surface area contributed by atoms with Crippen LogP contribution in [0.5, 0.6) is 0 Å². The van der Waals surface area contributed by atoms with Crippen molar-refractivity contribution in [2.45, 2.75) is 44.3 Å². The van der Waals surface area contributed by atoms with Crippen molar-refractivity contribution in [1.29, 1.82) is 0 Å². The number of thioether (sulfide) groups is 1. The number of hydrogen-bond donors (Lipinski definition) is 0. The number of hydrogen-bond acceptors (Lipinski definition) is 5. The first kappa shape index (κ1) is 17.5. The molecule has 3 heterocycles. The Labute approximate surface area is 158 Å². The number of rotatable bonds is 5. The lowest BCUT2D eigenvalue weighted by molar-refractivity contribution is -0.130. The van der Waals surface area contributed by atoms with E-state index in [0.717, 1.165) is 42.5 Å². The molecule has 1 aliphatic heterocycles. The van der Waals surface area contributed by atoms with E-state index in [4.69, 9.17) is 0 Å². The Kier molecular flexibility index (Phi) is 4.98. The summed E-state index contributed by atoms with van der Waals surface area (Å²) in [7, 11) is 0. The van der Waals surface area contributed by atoms with E-state index in [-0.39, 0.29) is 5.91 Å². The smallest absolute Gasteiger partial charge is 0.233 e. The van der Waals surface area contributed by atoms with Gasteiger partial charge in [-0.25, -0.2) is 0 Å². The molecular formula is C19H25N5OS. The fourth-order valence-corrected chi connectivity index (χ4v) is 4.72. The first-order valence-corrected chi connectivity index (χ1v) is 10.4. The Morgan fingerprint density at radius 1 is 1.23 bits per heavy atom. The summed E-state index contributed by atoms with van der Waals surface area (Å²) in [6, 6.07) is 4.37. The molecule has 138 valence electrons. The zero-order valence-corrected chi connectivity index (χ0v) is 16.2. The van der Waals surface area contributed by atoms with Crippen LogP contribution in [0.1, 0.15) is 39.2 Å². The average Bonchev–Trinajstić information content (AvgIpc) is 3.38. The van der Waals surface area contributed by atoms with E-state index < -0.39 is 0 Å². The van der Waals surface area contributed by atoms with Crippen molar-refractivity contribution < 1.29 is 4.79 Å². The molecule has 2 aromatic rings.